The number of carboxylic acid groups (broad SMARTS) is 1. The Morgan fingerprint density at radius 1 is 1.64 bits per heavy atom. The fourth-order valence-electron chi connectivity index (χ4n) is 0.310. The van der Waals surface area contributed by atoms with Gasteiger partial charge < -0.3 is 10.4 Å². The number of rotatable bonds is 3. The van der Waals surface area contributed by atoms with Crippen molar-refractivity contribution in [2.45, 2.75) is 12.2 Å². The summed E-state index contributed by atoms with van der Waals surface area (Å²) in [7, 11) is 0. The molecule has 1 amide bonds. The SMILES string of the molecule is C[C@H](S)C(=O)NCC(=O)O.[NaH]. The van der Waals surface area contributed by atoms with Gasteiger partial charge in [0.1, 0.15) is 6.54 Å². The van der Waals surface area contributed by atoms with Gasteiger partial charge in [-0.1, -0.05) is 0 Å². The van der Waals surface area contributed by atoms with Crippen molar-refractivity contribution in [3.63, 3.8) is 0 Å². The Morgan fingerprint density at radius 2 is 2.09 bits per heavy atom. The predicted octanol–water partition coefficient (Wildman–Crippen LogP) is -1.14. The molecule has 0 spiro atoms. The summed E-state index contributed by atoms with van der Waals surface area (Å²) < 4.78 is 0. The molecule has 60 valence electrons. The molecule has 4 nitrogen and oxygen atoms in total. The molecule has 0 saturated heterocycles. The van der Waals surface area contributed by atoms with Crippen LogP contribution in [0.5, 0.6) is 0 Å². The van der Waals surface area contributed by atoms with Crippen molar-refractivity contribution in [2.24, 2.45) is 0 Å². The number of carbonyl (C=O) groups is 2. The molecule has 0 fully saturated rings. The minimum absolute atomic E-state index is 0. The average molecular weight is 187 g/mol. The van der Waals surface area contributed by atoms with E-state index in [1.54, 1.807) is 6.92 Å². The number of amides is 1. The second kappa shape index (κ2) is 6.97. The van der Waals surface area contributed by atoms with Crippen molar-refractivity contribution in [2.75, 3.05) is 6.54 Å². The predicted molar refractivity (Wildman–Crippen MR) is 46.2 cm³/mol. The maximum absolute atomic E-state index is 10.6. The molecule has 0 saturated carbocycles. The van der Waals surface area contributed by atoms with Gasteiger partial charge in [-0.05, 0) is 6.92 Å². The fourth-order valence-corrected chi connectivity index (χ4v) is 0.402. The summed E-state index contributed by atoms with van der Waals surface area (Å²) in [5.41, 5.74) is 0. The van der Waals surface area contributed by atoms with Gasteiger partial charge in [-0.15, -0.1) is 0 Å². The van der Waals surface area contributed by atoms with Crippen LogP contribution in [0.15, 0.2) is 0 Å². The molecule has 1 atom stereocenters. The zero-order chi connectivity index (χ0) is 8.15. The Hall–Kier alpha value is 0.290. The summed E-state index contributed by atoms with van der Waals surface area (Å²) in [6.45, 7) is 1.23. The van der Waals surface area contributed by atoms with Crippen molar-refractivity contribution < 1.29 is 14.7 Å². The van der Waals surface area contributed by atoms with Crippen LogP contribution in [0.2, 0.25) is 0 Å². The molecule has 0 aliphatic rings. The Morgan fingerprint density at radius 3 is 2.36 bits per heavy atom. The second-order valence-electron chi connectivity index (χ2n) is 1.79. The molecule has 6 heteroatoms. The first kappa shape index (κ1) is 13.9. The normalized spacial score (nSPS) is 11.1. The number of carbonyl (C=O) groups excluding carboxylic acids is 1. The summed E-state index contributed by atoms with van der Waals surface area (Å²) in [5.74, 6) is -1.42. The van der Waals surface area contributed by atoms with Crippen LogP contribution < -0.4 is 5.32 Å². The fraction of sp³-hybridized carbons (Fsp3) is 0.600. The first-order valence-electron chi connectivity index (χ1n) is 2.71. The number of aliphatic carboxylic acids is 1. The topological polar surface area (TPSA) is 66.4 Å². The van der Waals surface area contributed by atoms with Crippen LogP contribution in [0.25, 0.3) is 0 Å². The van der Waals surface area contributed by atoms with Crippen molar-refractivity contribution >= 4 is 54.1 Å². The van der Waals surface area contributed by atoms with Crippen molar-refractivity contribution in [3.8, 4) is 0 Å². The van der Waals surface area contributed by atoms with Crippen molar-refractivity contribution in [1.82, 2.24) is 5.32 Å². The molecular formula is C5H10NNaO3S. The zero-order valence-corrected chi connectivity index (χ0v) is 6.39. The summed E-state index contributed by atoms with van der Waals surface area (Å²) in [6.07, 6.45) is 0. The van der Waals surface area contributed by atoms with Gasteiger partial charge in [-0.2, -0.15) is 12.6 Å². The molecule has 11 heavy (non-hydrogen) atoms. The number of thiol groups is 1. The van der Waals surface area contributed by atoms with E-state index in [0.717, 1.165) is 0 Å². The zero-order valence-electron chi connectivity index (χ0n) is 5.50. The maximum atomic E-state index is 10.6. The van der Waals surface area contributed by atoms with E-state index >= 15 is 0 Å². The van der Waals surface area contributed by atoms with Crippen molar-refractivity contribution in [1.29, 1.82) is 0 Å². The van der Waals surface area contributed by atoms with Crippen LogP contribution in [0.4, 0.5) is 0 Å². The minimum atomic E-state index is -1.05. The van der Waals surface area contributed by atoms with Crippen LogP contribution in [0.1, 0.15) is 6.92 Å². The quantitative estimate of drug-likeness (QED) is 0.386. The van der Waals surface area contributed by atoms with Crippen LogP contribution in [0, 0.1) is 0 Å². The standard InChI is InChI=1S/C5H9NO3S.Na.H/c1-3(10)5(9)6-2-4(7)8;;/h3,10H,2H2,1H3,(H,6,9)(H,7,8);;/t3-;;/m0../s1. The molecule has 0 aromatic carbocycles. The van der Waals surface area contributed by atoms with E-state index in [2.05, 4.69) is 17.9 Å². The Balaban J connectivity index is 0. The third kappa shape index (κ3) is 8.19. The van der Waals surface area contributed by atoms with Gasteiger partial charge in [0.2, 0.25) is 5.91 Å². The van der Waals surface area contributed by atoms with Gasteiger partial charge in [-0.3, -0.25) is 9.59 Å². The third-order valence-electron chi connectivity index (χ3n) is 0.793. The van der Waals surface area contributed by atoms with Crippen LogP contribution in [0.3, 0.4) is 0 Å². The number of hydrogen-bond acceptors (Lipinski definition) is 3. The summed E-state index contributed by atoms with van der Waals surface area (Å²) in [5, 5.41) is 9.81. The molecule has 2 N–H and O–H groups in total. The van der Waals surface area contributed by atoms with E-state index in [1.165, 1.54) is 0 Å². The first-order valence-corrected chi connectivity index (χ1v) is 3.23. The van der Waals surface area contributed by atoms with Gasteiger partial charge in [-0.25, -0.2) is 0 Å². The van der Waals surface area contributed by atoms with Gasteiger partial charge in [0.15, 0.2) is 0 Å². The monoisotopic (exact) mass is 187 g/mol. The average Bonchev–Trinajstić information content (AvgIpc) is 1.82. The Labute approximate surface area is 92.4 Å². The second-order valence-corrected chi connectivity index (χ2v) is 2.56. The molecule has 0 aromatic heterocycles. The first-order chi connectivity index (χ1) is 4.54. The molecule has 0 aliphatic carbocycles. The van der Waals surface area contributed by atoms with Crippen molar-refractivity contribution in [3.05, 3.63) is 0 Å². The number of hydrogen-bond donors (Lipinski definition) is 3. The van der Waals surface area contributed by atoms with E-state index in [1.807, 2.05) is 0 Å². The third-order valence-corrected chi connectivity index (χ3v) is 1.03. The number of carboxylic acids is 1. The summed E-state index contributed by atoms with van der Waals surface area (Å²) in [4.78, 5) is 20.5. The van der Waals surface area contributed by atoms with Gasteiger partial charge >= 0.3 is 35.5 Å². The van der Waals surface area contributed by atoms with Crippen LogP contribution >= 0.6 is 12.6 Å². The molecule has 0 bridgehead atoms. The van der Waals surface area contributed by atoms with E-state index < -0.39 is 11.2 Å². The van der Waals surface area contributed by atoms with Gasteiger partial charge in [0.05, 0.1) is 5.25 Å². The van der Waals surface area contributed by atoms with Crippen LogP contribution in [-0.4, -0.2) is 58.3 Å². The molecule has 0 rings (SSSR count). The molecule has 0 heterocycles. The van der Waals surface area contributed by atoms with E-state index in [9.17, 15) is 9.59 Å². The van der Waals surface area contributed by atoms with Crippen LogP contribution in [-0.2, 0) is 9.59 Å². The van der Waals surface area contributed by atoms with Gasteiger partial charge in [0.25, 0.3) is 0 Å². The van der Waals surface area contributed by atoms with E-state index in [0.29, 0.717) is 0 Å². The molecule has 0 aliphatic heterocycles. The van der Waals surface area contributed by atoms with Gasteiger partial charge in [0, 0.05) is 0 Å². The van der Waals surface area contributed by atoms with E-state index in [-0.39, 0.29) is 42.0 Å². The Bertz CT molecular complexity index is 151. The molecule has 0 radical (unpaired) electrons. The number of nitrogens with one attached hydrogen (secondary N) is 1. The molecular weight excluding hydrogens is 177 g/mol. The Kier molecular flexibility index (Phi) is 8.77. The molecule has 0 aromatic rings. The van der Waals surface area contributed by atoms with E-state index in [4.69, 9.17) is 5.11 Å². The molecule has 0 unspecified atom stereocenters. The summed E-state index contributed by atoms with van der Waals surface area (Å²) in [6, 6.07) is 0. The summed E-state index contributed by atoms with van der Waals surface area (Å²) >= 11 is 3.79.